The molecule has 39 valence electrons. The van der Waals surface area contributed by atoms with Gasteiger partial charge < -0.3 is 0 Å². The highest BCUT2D eigenvalue weighted by atomic mass is 32.2. The average molecular weight is 115 g/mol. The minimum absolute atomic E-state index is 0.644. The van der Waals surface area contributed by atoms with Gasteiger partial charge in [0.05, 0.1) is 5.75 Å². The molecule has 0 saturated heterocycles. The van der Waals surface area contributed by atoms with Gasteiger partial charge in [0.15, 0.2) is 11.6 Å². The first-order valence-corrected chi connectivity index (χ1v) is 3.39. The van der Waals surface area contributed by atoms with Gasteiger partial charge in [0.2, 0.25) is 7.05 Å². The Morgan fingerprint density at radius 1 is 2.00 bits per heavy atom. The summed E-state index contributed by atoms with van der Waals surface area (Å²) in [6.07, 6.45) is 0. The Balaban J connectivity index is 2.54. The van der Waals surface area contributed by atoms with E-state index in [-0.39, 0.29) is 0 Å². The molecule has 1 radical (unpaired) electrons. The number of nitrogens with zero attached hydrogens (tertiary/aromatic N) is 1. The van der Waals surface area contributed by atoms with Gasteiger partial charge in [-0.2, -0.15) is 0 Å². The summed E-state index contributed by atoms with van der Waals surface area (Å²) in [6.45, 7) is 2.17. The van der Waals surface area contributed by atoms with Crippen molar-refractivity contribution in [3.63, 3.8) is 0 Å². The Morgan fingerprint density at radius 2 is 2.71 bits per heavy atom. The molecule has 0 bridgehead atoms. The number of hydrogen-bond acceptors (Lipinski definition) is 1. The highest BCUT2D eigenvalue weighted by Crippen LogP contribution is 2.08. The molecule has 0 amide bonds. The van der Waals surface area contributed by atoms with Crippen molar-refractivity contribution in [3.8, 4) is 0 Å². The zero-order valence-corrected chi connectivity index (χ0v) is 5.24. The van der Waals surface area contributed by atoms with Crippen molar-refractivity contribution in [2.24, 2.45) is 0 Å². The minimum Gasteiger partial charge on any atom is -0.221 e. The lowest BCUT2D eigenvalue weighted by Crippen LogP contribution is -2.12. The maximum Gasteiger partial charge on any atom is 0.201 e. The molecule has 0 aromatic carbocycles. The molecule has 7 heavy (non-hydrogen) atoms. The summed E-state index contributed by atoms with van der Waals surface area (Å²) in [6, 6.07) is 0.644. The molecule has 1 atom stereocenters. The largest absolute Gasteiger partial charge is 0.221 e. The van der Waals surface area contributed by atoms with Crippen LogP contribution in [-0.4, -0.2) is 21.9 Å². The summed E-state index contributed by atoms with van der Waals surface area (Å²) in [5.74, 6) is 1.20. The fourth-order valence-corrected chi connectivity index (χ4v) is 1.43. The summed E-state index contributed by atoms with van der Waals surface area (Å²) >= 11 is 1.83. The van der Waals surface area contributed by atoms with Crippen LogP contribution in [0.5, 0.6) is 0 Å². The van der Waals surface area contributed by atoms with E-state index in [0.29, 0.717) is 6.04 Å². The molecule has 0 N–H and O–H groups in total. The van der Waals surface area contributed by atoms with Crippen LogP contribution >= 0.6 is 11.8 Å². The van der Waals surface area contributed by atoms with Gasteiger partial charge >= 0.3 is 0 Å². The van der Waals surface area contributed by atoms with Gasteiger partial charge in [0.25, 0.3) is 0 Å². The molecule has 2 heteroatoms. The third-order valence-corrected chi connectivity index (χ3v) is 2.21. The molecule has 1 aliphatic rings. The van der Waals surface area contributed by atoms with Crippen molar-refractivity contribution in [1.82, 2.24) is 0 Å². The summed E-state index contributed by atoms with van der Waals surface area (Å²) in [4.78, 5) is 0. The normalized spacial score (nSPS) is 30.6. The van der Waals surface area contributed by atoms with Crippen molar-refractivity contribution >= 4 is 17.3 Å². The predicted octanol–water partition coefficient (Wildman–Crippen LogP) is 0.954. The molecule has 0 fully saturated rings. The second-order valence-electron chi connectivity index (χ2n) is 1.80. The SMILES string of the molecule is [CH2][N+]1=CSCC1C. The minimum atomic E-state index is 0.644. The highest BCUT2D eigenvalue weighted by molar-refractivity contribution is 8.12. The molecular weight excluding hydrogens is 106 g/mol. The second kappa shape index (κ2) is 1.86. The molecule has 1 unspecified atom stereocenters. The van der Waals surface area contributed by atoms with Crippen LogP contribution in [0.2, 0.25) is 0 Å². The molecule has 0 saturated carbocycles. The van der Waals surface area contributed by atoms with Gasteiger partial charge in [-0.25, -0.2) is 4.58 Å². The smallest absolute Gasteiger partial charge is 0.201 e. The van der Waals surface area contributed by atoms with Crippen LogP contribution in [-0.2, 0) is 0 Å². The Bertz CT molecular complexity index is 98.3. The first kappa shape index (κ1) is 5.16. The quantitative estimate of drug-likeness (QED) is 0.425. The maximum atomic E-state index is 3.78. The third-order valence-electron chi connectivity index (χ3n) is 1.11. The van der Waals surface area contributed by atoms with E-state index in [9.17, 15) is 0 Å². The monoisotopic (exact) mass is 115 g/mol. The van der Waals surface area contributed by atoms with E-state index in [1.807, 2.05) is 16.3 Å². The lowest BCUT2D eigenvalue weighted by atomic mass is 10.4. The van der Waals surface area contributed by atoms with Crippen LogP contribution in [0.1, 0.15) is 6.92 Å². The maximum absolute atomic E-state index is 3.78. The van der Waals surface area contributed by atoms with E-state index in [0.717, 1.165) is 0 Å². The highest BCUT2D eigenvalue weighted by Gasteiger charge is 2.16. The number of rotatable bonds is 0. The van der Waals surface area contributed by atoms with Gasteiger partial charge in [-0.1, -0.05) is 11.8 Å². The fraction of sp³-hybridized carbons (Fsp3) is 0.600. The zero-order valence-electron chi connectivity index (χ0n) is 4.42. The Hall–Kier alpha value is 0.0200. The summed E-state index contributed by atoms with van der Waals surface area (Å²) in [5, 5.41) is 0. The molecule has 0 aromatic heterocycles. The fourth-order valence-electron chi connectivity index (χ4n) is 0.478. The first-order chi connectivity index (χ1) is 3.30. The molecule has 0 aliphatic carbocycles. The predicted molar refractivity (Wildman–Crippen MR) is 33.6 cm³/mol. The van der Waals surface area contributed by atoms with Gasteiger partial charge in [-0.15, -0.1) is 0 Å². The van der Waals surface area contributed by atoms with E-state index >= 15 is 0 Å². The van der Waals surface area contributed by atoms with Crippen molar-refractivity contribution in [3.05, 3.63) is 7.05 Å². The van der Waals surface area contributed by atoms with Crippen LogP contribution < -0.4 is 0 Å². The van der Waals surface area contributed by atoms with Crippen LogP contribution in [0, 0.1) is 7.05 Å². The van der Waals surface area contributed by atoms with Crippen molar-refractivity contribution in [1.29, 1.82) is 0 Å². The third kappa shape index (κ3) is 0.969. The Kier molecular flexibility index (Phi) is 1.38. The van der Waals surface area contributed by atoms with E-state index in [4.69, 9.17) is 0 Å². The molecule has 0 spiro atoms. The van der Waals surface area contributed by atoms with Gasteiger partial charge in [-0.3, -0.25) is 0 Å². The molecule has 0 aromatic rings. The molecular formula is C5H9NS+. The Labute approximate surface area is 48.4 Å². The van der Waals surface area contributed by atoms with Crippen molar-refractivity contribution < 1.29 is 4.58 Å². The summed E-state index contributed by atoms with van der Waals surface area (Å²) in [7, 11) is 3.78. The van der Waals surface area contributed by atoms with E-state index in [1.165, 1.54) is 5.75 Å². The lowest BCUT2D eigenvalue weighted by Gasteiger charge is -1.92. The van der Waals surface area contributed by atoms with Gasteiger partial charge in [0.1, 0.15) is 0 Å². The lowest BCUT2D eigenvalue weighted by molar-refractivity contribution is -0.487. The summed E-state index contributed by atoms with van der Waals surface area (Å²) in [5.41, 5.74) is 2.06. The van der Waals surface area contributed by atoms with E-state index < -0.39 is 0 Å². The molecule has 1 aliphatic heterocycles. The van der Waals surface area contributed by atoms with E-state index in [2.05, 4.69) is 19.5 Å². The van der Waals surface area contributed by atoms with Gasteiger partial charge in [-0.05, 0) is 6.92 Å². The van der Waals surface area contributed by atoms with Crippen LogP contribution in [0.4, 0.5) is 0 Å². The van der Waals surface area contributed by atoms with Crippen LogP contribution in [0.3, 0.4) is 0 Å². The number of thioether (sulfide) groups is 1. The van der Waals surface area contributed by atoms with Crippen LogP contribution in [0.25, 0.3) is 0 Å². The number of hydrogen-bond donors (Lipinski definition) is 0. The second-order valence-corrected chi connectivity index (χ2v) is 2.68. The van der Waals surface area contributed by atoms with E-state index in [1.54, 1.807) is 0 Å². The van der Waals surface area contributed by atoms with Gasteiger partial charge in [0, 0.05) is 0 Å². The molecule has 1 heterocycles. The van der Waals surface area contributed by atoms with Crippen LogP contribution in [0.15, 0.2) is 0 Å². The standard InChI is InChI=1S/C5H9NS/c1-5-3-7-4-6(5)2/h4-5H,2-3H2,1H3/q+1. The Morgan fingerprint density at radius 3 is 2.86 bits per heavy atom. The van der Waals surface area contributed by atoms with Crippen molar-refractivity contribution in [2.45, 2.75) is 13.0 Å². The zero-order chi connectivity index (χ0) is 5.28. The summed E-state index contributed by atoms with van der Waals surface area (Å²) < 4.78 is 1.99. The molecule has 1 nitrogen and oxygen atoms in total. The topological polar surface area (TPSA) is 3.01 Å². The first-order valence-electron chi connectivity index (χ1n) is 2.34. The average Bonchev–Trinajstić information content (AvgIpc) is 1.91. The van der Waals surface area contributed by atoms with Crippen molar-refractivity contribution in [2.75, 3.05) is 5.75 Å². The molecule has 1 rings (SSSR count).